The molecule has 0 atom stereocenters. The molecule has 0 aromatic rings. The number of rotatable bonds is 4. The molecule has 2 amide bonds. The van der Waals surface area contributed by atoms with Gasteiger partial charge in [-0.15, -0.1) is 0 Å². The zero-order valence-corrected chi connectivity index (χ0v) is 13.1. The van der Waals surface area contributed by atoms with E-state index in [1.54, 1.807) is 0 Å². The molecule has 116 valence electrons. The highest BCUT2D eigenvalue weighted by Crippen LogP contribution is 2.33. The van der Waals surface area contributed by atoms with Crippen molar-refractivity contribution < 1.29 is 4.79 Å². The molecule has 0 spiro atoms. The minimum atomic E-state index is -0.0772. The zero-order valence-electron chi connectivity index (χ0n) is 13.1. The van der Waals surface area contributed by atoms with Gasteiger partial charge in [-0.05, 0) is 32.1 Å². The van der Waals surface area contributed by atoms with Gasteiger partial charge in [0.2, 0.25) is 0 Å². The van der Waals surface area contributed by atoms with Crippen LogP contribution >= 0.6 is 0 Å². The van der Waals surface area contributed by atoms with Crippen molar-refractivity contribution >= 4 is 6.03 Å². The molecule has 0 bridgehead atoms. The Balaban J connectivity index is 2.16. The number of likely N-dealkylation sites (tertiary alicyclic amines) is 1. The third kappa shape index (κ3) is 3.27. The van der Waals surface area contributed by atoms with Gasteiger partial charge in [-0.1, -0.05) is 32.6 Å². The molecule has 4 heteroatoms. The van der Waals surface area contributed by atoms with Crippen LogP contribution in [0.1, 0.15) is 64.7 Å². The lowest BCUT2D eigenvalue weighted by Crippen LogP contribution is -2.59. The molecule has 0 aromatic heterocycles. The fourth-order valence-corrected chi connectivity index (χ4v) is 3.81. The maximum Gasteiger partial charge on any atom is 0.320 e. The van der Waals surface area contributed by atoms with Gasteiger partial charge in [0.05, 0.1) is 5.54 Å². The van der Waals surface area contributed by atoms with Gasteiger partial charge in [-0.3, -0.25) is 0 Å². The van der Waals surface area contributed by atoms with E-state index in [2.05, 4.69) is 11.8 Å². The Morgan fingerprint density at radius 2 is 1.70 bits per heavy atom. The normalized spacial score (nSPS) is 22.6. The molecule has 1 saturated heterocycles. The van der Waals surface area contributed by atoms with Crippen molar-refractivity contribution in [3.05, 3.63) is 0 Å². The number of amides is 2. The van der Waals surface area contributed by atoms with E-state index in [4.69, 9.17) is 5.73 Å². The van der Waals surface area contributed by atoms with Gasteiger partial charge in [0.25, 0.3) is 0 Å². The first-order valence-electron chi connectivity index (χ1n) is 8.50. The van der Waals surface area contributed by atoms with Crippen LogP contribution in [-0.2, 0) is 0 Å². The smallest absolute Gasteiger partial charge is 0.320 e. The second-order valence-electron chi connectivity index (χ2n) is 6.47. The van der Waals surface area contributed by atoms with E-state index >= 15 is 0 Å². The van der Waals surface area contributed by atoms with E-state index in [0.29, 0.717) is 6.54 Å². The zero-order chi connectivity index (χ0) is 14.4. The third-order valence-corrected chi connectivity index (χ3v) is 5.04. The van der Waals surface area contributed by atoms with Crippen LogP contribution in [0, 0.1) is 0 Å². The highest BCUT2D eigenvalue weighted by molar-refractivity contribution is 5.75. The van der Waals surface area contributed by atoms with Crippen LogP contribution in [0.25, 0.3) is 0 Å². The summed E-state index contributed by atoms with van der Waals surface area (Å²) in [6.07, 6.45) is 10.5. The van der Waals surface area contributed by atoms with E-state index in [1.165, 1.54) is 25.7 Å². The second-order valence-corrected chi connectivity index (χ2v) is 6.47. The van der Waals surface area contributed by atoms with Gasteiger partial charge < -0.3 is 15.5 Å². The average Bonchev–Trinajstić information content (AvgIpc) is 2.90. The lowest BCUT2D eigenvalue weighted by atomic mass is 9.88. The fourth-order valence-electron chi connectivity index (χ4n) is 3.81. The van der Waals surface area contributed by atoms with Crippen molar-refractivity contribution in [3.63, 3.8) is 0 Å². The Bertz CT molecular complexity index is 305. The lowest BCUT2D eigenvalue weighted by Gasteiger charge is -2.44. The molecule has 1 aliphatic carbocycles. The Kier molecular flexibility index (Phi) is 5.70. The predicted molar refractivity (Wildman–Crippen MR) is 82.7 cm³/mol. The minimum Gasteiger partial charge on any atom is -0.328 e. The molecule has 20 heavy (non-hydrogen) atoms. The largest absolute Gasteiger partial charge is 0.328 e. The van der Waals surface area contributed by atoms with E-state index in [1.807, 2.05) is 4.90 Å². The Morgan fingerprint density at radius 1 is 1.10 bits per heavy atom. The summed E-state index contributed by atoms with van der Waals surface area (Å²) < 4.78 is 0. The van der Waals surface area contributed by atoms with Crippen LogP contribution < -0.4 is 5.73 Å². The molecule has 0 unspecified atom stereocenters. The topological polar surface area (TPSA) is 49.6 Å². The number of hydrogen-bond donors (Lipinski definition) is 1. The summed E-state index contributed by atoms with van der Waals surface area (Å²) in [7, 11) is 0. The summed E-state index contributed by atoms with van der Waals surface area (Å²) in [5.41, 5.74) is 6.09. The van der Waals surface area contributed by atoms with Gasteiger partial charge in [-0.25, -0.2) is 4.79 Å². The van der Waals surface area contributed by atoms with E-state index in [0.717, 1.165) is 51.7 Å². The first-order chi connectivity index (χ1) is 9.73. The van der Waals surface area contributed by atoms with Gasteiger partial charge in [0, 0.05) is 26.2 Å². The molecular formula is C16H31N3O. The molecule has 4 nitrogen and oxygen atoms in total. The quantitative estimate of drug-likeness (QED) is 0.805. The van der Waals surface area contributed by atoms with Gasteiger partial charge in [0.15, 0.2) is 0 Å². The molecule has 1 heterocycles. The van der Waals surface area contributed by atoms with Crippen LogP contribution in [0.5, 0.6) is 0 Å². The molecule has 1 aliphatic heterocycles. The molecule has 0 radical (unpaired) electrons. The summed E-state index contributed by atoms with van der Waals surface area (Å²) in [4.78, 5) is 17.1. The predicted octanol–water partition coefficient (Wildman–Crippen LogP) is 2.97. The number of carbonyl (C=O) groups excluding carboxylic acids is 1. The van der Waals surface area contributed by atoms with Crippen LogP contribution in [0.2, 0.25) is 0 Å². The number of nitrogens with two attached hydrogens (primary N) is 1. The van der Waals surface area contributed by atoms with Crippen molar-refractivity contribution in [2.45, 2.75) is 70.3 Å². The molecule has 2 N–H and O–H groups in total. The average molecular weight is 281 g/mol. The van der Waals surface area contributed by atoms with Gasteiger partial charge in [0.1, 0.15) is 0 Å². The minimum absolute atomic E-state index is 0.0772. The maximum atomic E-state index is 12.9. The molecule has 2 rings (SSSR count). The molecule has 2 aliphatic rings. The van der Waals surface area contributed by atoms with E-state index in [9.17, 15) is 4.79 Å². The van der Waals surface area contributed by atoms with Gasteiger partial charge in [-0.2, -0.15) is 0 Å². The number of hydrogen-bond acceptors (Lipinski definition) is 2. The lowest BCUT2D eigenvalue weighted by molar-refractivity contribution is 0.0811. The van der Waals surface area contributed by atoms with Crippen LogP contribution in [0.4, 0.5) is 4.79 Å². The fraction of sp³-hybridized carbons (Fsp3) is 0.938. The monoisotopic (exact) mass is 281 g/mol. The SMILES string of the molecule is CCCN(C(=O)N1CCCC1)C1(CN)CCCCCC1. The molecule has 1 saturated carbocycles. The summed E-state index contributed by atoms with van der Waals surface area (Å²) >= 11 is 0. The van der Waals surface area contributed by atoms with Crippen molar-refractivity contribution in [2.75, 3.05) is 26.2 Å². The van der Waals surface area contributed by atoms with Crippen LogP contribution in [0.3, 0.4) is 0 Å². The standard InChI is InChI=1S/C16H31N3O/c1-2-11-19(15(20)18-12-7-8-13-18)16(14-17)9-5-3-4-6-10-16/h2-14,17H2,1H3. The highest BCUT2D eigenvalue weighted by atomic mass is 16.2. The van der Waals surface area contributed by atoms with Crippen molar-refractivity contribution in [2.24, 2.45) is 5.73 Å². The second kappa shape index (κ2) is 7.30. The van der Waals surface area contributed by atoms with Crippen molar-refractivity contribution in [3.8, 4) is 0 Å². The molecule has 2 fully saturated rings. The summed E-state index contributed by atoms with van der Waals surface area (Å²) in [5.74, 6) is 0. The first-order valence-corrected chi connectivity index (χ1v) is 8.50. The third-order valence-electron chi connectivity index (χ3n) is 5.04. The van der Waals surface area contributed by atoms with E-state index in [-0.39, 0.29) is 11.6 Å². The van der Waals surface area contributed by atoms with Crippen LogP contribution in [-0.4, -0.2) is 47.5 Å². The number of urea groups is 1. The summed E-state index contributed by atoms with van der Waals surface area (Å²) in [6.45, 7) is 5.49. The van der Waals surface area contributed by atoms with E-state index < -0.39 is 0 Å². The number of carbonyl (C=O) groups is 1. The molecule has 0 aromatic carbocycles. The Morgan fingerprint density at radius 3 is 2.20 bits per heavy atom. The van der Waals surface area contributed by atoms with Gasteiger partial charge >= 0.3 is 6.03 Å². The van der Waals surface area contributed by atoms with Crippen LogP contribution in [0.15, 0.2) is 0 Å². The Labute approximate surface area is 123 Å². The first kappa shape index (κ1) is 15.6. The maximum absolute atomic E-state index is 12.9. The highest BCUT2D eigenvalue weighted by Gasteiger charge is 2.40. The van der Waals surface area contributed by atoms with Crippen molar-refractivity contribution in [1.29, 1.82) is 0 Å². The number of nitrogens with zero attached hydrogens (tertiary/aromatic N) is 2. The van der Waals surface area contributed by atoms with Crippen molar-refractivity contribution in [1.82, 2.24) is 9.80 Å². The molecular weight excluding hydrogens is 250 g/mol. The summed E-state index contributed by atoms with van der Waals surface area (Å²) in [6, 6.07) is 0.247. The Hall–Kier alpha value is -0.770. The summed E-state index contributed by atoms with van der Waals surface area (Å²) in [5, 5.41) is 0.